The fourth-order valence-corrected chi connectivity index (χ4v) is 3.44. The highest BCUT2D eigenvalue weighted by Gasteiger charge is 2.33. The molecule has 7 heteroatoms. The number of ether oxygens (including phenoxy) is 1. The molecule has 0 aromatic heterocycles. The third kappa shape index (κ3) is 4.20. The van der Waals surface area contributed by atoms with Gasteiger partial charge in [-0.25, -0.2) is 4.79 Å². The molecule has 0 aliphatic carbocycles. The van der Waals surface area contributed by atoms with Gasteiger partial charge in [0, 0.05) is 12.1 Å². The van der Waals surface area contributed by atoms with Gasteiger partial charge in [-0.3, -0.25) is 14.5 Å². The van der Waals surface area contributed by atoms with Gasteiger partial charge >= 0.3 is 5.97 Å². The third-order valence-corrected chi connectivity index (χ3v) is 4.90. The Kier molecular flexibility index (Phi) is 5.61. The molecule has 0 atom stereocenters. The van der Waals surface area contributed by atoms with E-state index in [1.807, 2.05) is 18.2 Å². The Balaban J connectivity index is 1.76. The standard InChI is InChI=1S/C20H17NO5S/c1-2-21-18(22)17(27-20(21)25)11-15-5-3-4-6-16(15)26-12-13-7-9-14(10-8-13)19(23)24/h3-11H,2,12H2,1H3,(H,23,24)/b17-11-. The summed E-state index contributed by atoms with van der Waals surface area (Å²) in [5, 5.41) is 8.67. The van der Waals surface area contributed by atoms with Gasteiger partial charge in [-0.05, 0) is 48.5 Å². The average molecular weight is 383 g/mol. The number of hydrogen-bond acceptors (Lipinski definition) is 5. The molecule has 6 nitrogen and oxygen atoms in total. The molecular weight excluding hydrogens is 366 g/mol. The van der Waals surface area contributed by atoms with Gasteiger partial charge in [0.15, 0.2) is 0 Å². The molecule has 0 unspecified atom stereocenters. The molecule has 27 heavy (non-hydrogen) atoms. The monoisotopic (exact) mass is 383 g/mol. The van der Waals surface area contributed by atoms with Gasteiger partial charge in [0.25, 0.3) is 11.1 Å². The highest BCUT2D eigenvalue weighted by molar-refractivity contribution is 8.18. The molecule has 3 rings (SSSR count). The molecule has 0 bridgehead atoms. The van der Waals surface area contributed by atoms with Crippen LogP contribution in [0.25, 0.3) is 6.08 Å². The number of likely N-dealkylation sites (N-methyl/N-ethyl adjacent to an activating group) is 1. The largest absolute Gasteiger partial charge is 0.488 e. The number of amides is 2. The summed E-state index contributed by atoms with van der Waals surface area (Å²) in [5.74, 6) is -0.705. The van der Waals surface area contributed by atoms with Gasteiger partial charge in [0.1, 0.15) is 12.4 Å². The molecule has 1 heterocycles. The first-order valence-electron chi connectivity index (χ1n) is 8.29. The lowest BCUT2D eigenvalue weighted by atomic mass is 10.1. The number of rotatable bonds is 6. The first kappa shape index (κ1) is 18.7. The maximum atomic E-state index is 12.3. The number of nitrogens with zero attached hydrogens (tertiary/aromatic N) is 1. The molecule has 0 spiro atoms. The topological polar surface area (TPSA) is 83.9 Å². The van der Waals surface area contributed by atoms with Crippen LogP contribution in [0.15, 0.2) is 53.4 Å². The average Bonchev–Trinajstić information content (AvgIpc) is 2.94. The predicted octanol–water partition coefficient (Wildman–Crippen LogP) is 4.02. The van der Waals surface area contributed by atoms with Gasteiger partial charge in [0.2, 0.25) is 0 Å². The first-order valence-corrected chi connectivity index (χ1v) is 9.10. The molecule has 2 amide bonds. The zero-order chi connectivity index (χ0) is 19.4. The minimum atomic E-state index is -0.978. The van der Waals surface area contributed by atoms with E-state index in [9.17, 15) is 14.4 Å². The second-order valence-electron chi connectivity index (χ2n) is 5.75. The number of para-hydroxylation sites is 1. The van der Waals surface area contributed by atoms with Crippen molar-refractivity contribution in [3.05, 3.63) is 70.1 Å². The molecule has 1 N–H and O–H groups in total. The van der Waals surface area contributed by atoms with Gasteiger partial charge in [-0.15, -0.1) is 0 Å². The van der Waals surface area contributed by atoms with Crippen molar-refractivity contribution in [3.8, 4) is 5.75 Å². The van der Waals surface area contributed by atoms with Crippen molar-refractivity contribution in [3.63, 3.8) is 0 Å². The first-order chi connectivity index (χ1) is 13.0. The van der Waals surface area contributed by atoms with Gasteiger partial charge in [0.05, 0.1) is 10.5 Å². The van der Waals surface area contributed by atoms with E-state index in [2.05, 4.69) is 0 Å². The van der Waals surface area contributed by atoms with Crippen LogP contribution in [-0.2, 0) is 11.4 Å². The van der Waals surface area contributed by atoms with E-state index in [4.69, 9.17) is 9.84 Å². The van der Waals surface area contributed by atoms with Gasteiger partial charge in [-0.1, -0.05) is 30.3 Å². The number of thioether (sulfide) groups is 1. The van der Waals surface area contributed by atoms with Crippen molar-refractivity contribution in [1.29, 1.82) is 0 Å². The lowest BCUT2D eigenvalue weighted by Gasteiger charge is -2.10. The number of aromatic carboxylic acids is 1. The Morgan fingerprint density at radius 3 is 2.48 bits per heavy atom. The fraction of sp³-hybridized carbons (Fsp3) is 0.150. The van der Waals surface area contributed by atoms with Crippen LogP contribution < -0.4 is 4.74 Å². The van der Waals surface area contributed by atoms with E-state index in [0.29, 0.717) is 22.8 Å². The number of carboxylic acid groups (broad SMARTS) is 1. The van der Waals surface area contributed by atoms with Crippen molar-refractivity contribution >= 4 is 35.0 Å². The van der Waals surface area contributed by atoms with Crippen LogP contribution in [0.2, 0.25) is 0 Å². The highest BCUT2D eigenvalue weighted by atomic mass is 32.2. The molecule has 1 saturated heterocycles. The molecule has 1 aliphatic heterocycles. The molecule has 1 fully saturated rings. The summed E-state index contributed by atoms with van der Waals surface area (Å²) in [6.07, 6.45) is 1.66. The van der Waals surface area contributed by atoms with E-state index in [-0.39, 0.29) is 23.3 Å². The number of imide groups is 1. The zero-order valence-electron chi connectivity index (χ0n) is 14.5. The van der Waals surface area contributed by atoms with Crippen molar-refractivity contribution in [2.24, 2.45) is 0 Å². The fourth-order valence-electron chi connectivity index (χ4n) is 2.55. The van der Waals surface area contributed by atoms with E-state index in [0.717, 1.165) is 17.3 Å². The smallest absolute Gasteiger partial charge is 0.335 e. The SMILES string of the molecule is CCN1C(=O)S/C(=C\c2ccccc2OCc2ccc(C(=O)O)cc2)C1=O. The van der Waals surface area contributed by atoms with Crippen LogP contribution in [-0.4, -0.2) is 33.7 Å². The zero-order valence-corrected chi connectivity index (χ0v) is 15.4. The van der Waals surface area contributed by atoms with Gasteiger partial charge < -0.3 is 9.84 Å². The Labute approximate surface area is 160 Å². The number of carbonyl (C=O) groups excluding carboxylic acids is 2. The molecule has 2 aromatic carbocycles. The second-order valence-corrected chi connectivity index (χ2v) is 6.75. The number of benzene rings is 2. The van der Waals surface area contributed by atoms with Crippen LogP contribution in [0, 0.1) is 0 Å². The third-order valence-electron chi connectivity index (χ3n) is 3.99. The minimum absolute atomic E-state index is 0.214. The molecule has 138 valence electrons. The summed E-state index contributed by atoms with van der Waals surface area (Å²) in [6.45, 7) is 2.35. The summed E-state index contributed by atoms with van der Waals surface area (Å²) in [5.41, 5.74) is 1.73. The van der Waals surface area contributed by atoms with Crippen molar-refractivity contribution in [2.45, 2.75) is 13.5 Å². The number of hydrogen-bond donors (Lipinski definition) is 1. The van der Waals surface area contributed by atoms with Crippen molar-refractivity contribution in [2.75, 3.05) is 6.54 Å². The summed E-state index contributed by atoms with van der Waals surface area (Å²) >= 11 is 0.916. The van der Waals surface area contributed by atoms with E-state index < -0.39 is 5.97 Å². The summed E-state index contributed by atoms with van der Waals surface area (Å²) < 4.78 is 5.84. The number of carboxylic acids is 1. The number of carbonyl (C=O) groups is 3. The lowest BCUT2D eigenvalue weighted by Crippen LogP contribution is -2.27. The molecule has 0 saturated carbocycles. The predicted molar refractivity (Wildman–Crippen MR) is 103 cm³/mol. The Morgan fingerprint density at radius 1 is 1.15 bits per heavy atom. The molecule has 1 aliphatic rings. The Morgan fingerprint density at radius 2 is 1.85 bits per heavy atom. The van der Waals surface area contributed by atoms with Gasteiger partial charge in [-0.2, -0.15) is 0 Å². The quantitative estimate of drug-likeness (QED) is 0.759. The van der Waals surface area contributed by atoms with Crippen LogP contribution in [0.5, 0.6) is 5.75 Å². The van der Waals surface area contributed by atoms with E-state index in [1.54, 1.807) is 31.2 Å². The van der Waals surface area contributed by atoms with Crippen molar-refractivity contribution in [1.82, 2.24) is 4.90 Å². The summed E-state index contributed by atoms with van der Waals surface area (Å²) in [7, 11) is 0. The van der Waals surface area contributed by atoms with Crippen LogP contribution >= 0.6 is 11.8 Å². The maximum absolute atomic E-state index is 12.3. The van der Waals surface area contributed by atoms with Crippen LogP contribution in [0.1, 0.15) is 28.4 Å². The highest BCUT2D eigenvalue weighted by Crippen LogP contribution is 2.33. The molecular formula is C20H17NO5S. The lowest BCUT2D eigenvalue weighted by molar-refractivity contribution is -0.122. The Bertz CT molecular complexity index is 920. The summed E-state index contributed by atoms with van der Waals surface area (Å²) in [4.78, 5) is 36.6. The van der Waals surface area contributed by atoms with E-state index in [1.165, 1.54) is 17.0 Å². The maximum Gasteiger partial charge on any atom is 0.335 e. The van der Waals surface area contributed by atoms with Crippen LogP contribution in [0.3, 0.4) is 0 Å². The molecule has 0 radical (unpaired) electrons. The Hall–Kier alpha value is -3.06. The van der Waals surface area contributed by atoms with Crippen LogP contribution in [0.4, 0.5) is 4.79 Å². The second kappa shape index (κ2) is 8.09. The molecule has 2 aromatic rings. The summed E-state index contributed by atoms with van der Waals surface area (Å²) in [6, 6.07) is 13.7. The normalized spacial score (nSPS) is 15.4. The van der Waals surface area contributed by atoms with Crippen molar-refractivity contribution < 1.29 is 24.2 Å². The minimum Gasteiger partial charge on any atom is -0.488 e. The van der Waals surface area contributed by atoms with E-state index >= 15 is 0 Å².